The van der Waals surface area contributed by atoms with Gasteiger partial charge in [0, 0.05) is 6.07 Å². The molecule has 1 aromatic heterocycles. The molecule has 0 saturated heterocycles. The molecule has 2 N–H and O–H groups in total. The highest BCUT2D eigenvalue weighted by molar-refractivity contribution is 7.99. The van der Waals surface area contributed by atoms with Crippen molar-refractivity contribution in [3.05, 3.63) is 30.1 Å². The number of methoxy groups -OCH3 is 1. The number of thioether (sulfide) groups is 1. The summed E-state index contributed by atoms with van der Waals surface area (Å²) in [6, 6.07) is 7.55. The van der Waals surface area contributed by atoms with Gasteiger partial charge in [-0.25, -0.2) is 0 Å². The van der Waals surface area contributed by atoms with Crippen molar-refractivity contribution < 1.29 is 9.53 Å². The highest BCUT2D eigenvalue weighted by atomic mass is 32.2. The van der Waals surface area contributed by atoms with Crippen LogP contribution in [0.1, 0.15) is 5.82 Å². The summed E-state index contributed by atoms with van der Waals surface area (Å²) in [5.74, 6) is 1.27. The Morgan fingerprint density at radius 3 is 2.95 bits per heavy atom. The van der Waals surface area contributed by atoms with E-state index in [1.165, 1.54) is 11.8 Å². The van der Waals surface area contributed by atoms with Crippen LogP contribution >= 0.6 is 11.8 Å². The van der Waals surface area contributed by atoms with Crippen molar-refractivity contribution in [2.24, 2.45) is 5.73 Å². The van der Waals surface area contributed by atoms with Crippen molar-refractivity contribution in [3.63, 3.8) is 0 Å². The molecule has 0 radical (unpaired) electrons. The number of nitrogens with two attached hydrogens (primary N) is 1. The molecule has 2 aromatic rings. The van der Waals surface area contributed by atoms with Crippen molar-refractivity contribution in [2.75, 3.05) is 12.9 Å². The van der Waals surface area contributed by atoms with E-state index < -0.39 is 0 Å². The average molecular weight is 278 g/mol. The van der Waals surface area contributed by atoms with Gasteiger partial charge in [-0.05, 0) is 19.1 Å². The molecule has 1 aromatic carbocycles. The summed E-state index contributed by atoms with van der Waals surface area (Å²) in [5.41, 5.74) is 6.03. The molecule has 19 heavy (non-hydrogen) atoms. The van der Waals surface area contributed by atoms with Crippen LogP contribution in [0, 0.1) is 6.92 Å². The van der Waals surface area contributed by atoms with Crippen LogP contribution in [0.15, 0.2) is 29.4 Å². The maximum absolute atomic E-state index is 10.9. The van der Waals surface area contributed by atoms with Crippen LogP contribution in [-0.2, 0) is 4.79 Å². The molecule has 0 unspecified atom stereocenters. The van der Waals surface area contributed by atoms with E-state index in [0.29, 0.717) is 5.16 Å². The predicted octanol–water partition coefficient (Wildman–Crippen LogP) is 1.16. The van der Waals surface area contributed by atoms with E-state index in [9.17, 15) is 4.79 Å². The van der Waals surface area contributed by atoms with Gasteiger partial charge in [0.05, 0.1) is 18.6 Å². The topological polar surface area (TPSA) is 83.0 Å². The zero-order chi connectivity index (χ0) is 13.8. The lowest BCUT2D eigenvalue weighted by Crippen LogP contribution is -2.13. The van der Waals surface area contributed by atoms with Crippen LogP contribution in [0.4, 0.5) is 0 Å². The zero-order valence-corrected chi connectivity index (χ0v) is 11.5. The van der Waals surface area contributed by atoms with Crippen molar-refractivity contribution in [1.29, 1.82) is 0 Å². The molecule has 0 atom stereocenters. The van der Waals surface area contributed by atoms with Gasteiger partial charge in [0.25, 0.3) is 0 Å². The first-order valence-corrected chi connectivity index (χ1v) is 6.58. The number of rotatable bonds is 5. The number of hydrogen-bond acceptors (Lipinski definition) is 5. The first-order chi connectivity index (χ1) is 9.11. The highest BCUT2D eigenvalue weighted by Crippen LogP contribution is 2.23. The van der Waals surface area contributed by atoms with Crippen molar-refractivity contribution >= 4 is 17.7 Å². The first kappa shape index (κ1) is 13.4. The number of carbonyl (C=O) groups excluding carboxylic acids is 1. The maximum Gasteiger partial charge on any atom is 0.227 e. The lowest BCUT2D eigenvalue weighted by atomic mass is 10.3. The summed E-state index contributed by atoms with van der Waals surface area (Å²) in [7, 11) is 1.61. The van der Waals surface area contributed by atoms with E-state index in [2.05, 4.69) is 10.2 Å². The maximum atomic E-state index is 10.9. The van der Waals surface area contributed by atoms with Gasteiger partial charge in [-0.2, -0.15) is 0 Å². The molecular formula is C12H14N4O2S. The van der Waals surface area contributed by atoms with Gasteiger partial charge in [0.1, 0.15) is 11.6 Å². The second kappa shape index (κ2) is 5.75. The second-order valence-corrected chi connectivity index (χ2v) is 4.76. The third kappa shape index (κ3) is 3.05. The van der Waals surface area contributed by atoms with Crippen molar-refractivity contribution in [2.45, 2.75) is 12.1 Å². The van der Waals surface area contributed by atoms with Crippen LogP contribution in [0.2, 0.25) is 0 Å². The van der Waals surface area contributed by atoms with E-state index in [1.54, 1.807) is 7.11 Å². The Morgan fingerprint density at radius 2 is 2.26 bits per heavy atom. The van der Waals surface area contributed by atoms with E-state index in [1.807, 2.05) is 35.8 Å². The van der Waals surface area contributed by atoms with Gasteiger partial charge in [-0.3, -0.25) is 9.36 Å². The number of aromatic nitrogens is 3. The monoisotopic (exact) mass is 278 g/mol. The molecule has 0 aliphatic rings. The average Bonchev–Trinajstić information content (AvgIpc) is 2.77. The Kier molecular flexibility index (Phi) is 4.06. The summed E-state index contributed by atoms with van der Waals surface area (Å²) >= 11 is 1.26. The molecule has 0 spiro atoms. The number of amides is 1. The number of benzene rings is 1. The minimum Gasteiger partial charge on any atom is -0.497 e. The van der Waals surface area contributed by atoms with Gasteiger partial charge in [0.15, 0.2) is 5.16 Å². The molecule has 0 aliphatic carbocycles. The quantitative estimate of drug-likeness (QED) is 0.830. The molecule has 100 valence electrons. The number of hydrogen-bond donors (Lipinski definition) is 1. The summed E-state index contributed by atoms with van der Waals surface area (Å²) in [6.07, 6.45) is 0. The minimum atomic E-state index is -0.386. The Hall–Kier alpha value is -2.02. The number of aryl methyl sites for hydroxylation is 1. The van der Waals surface area contributed by atoms with E-state index >= 15 is 0 Å². The summed E-state index contributed by atoms with van der Waals surface area (Å²) in [5, 5.41) is 8.70. The highest BCUT2D eigenvalue weighted by Gasteiger charge is 2.12. The molecule has 0 bridgehead atoms. The lowest BCUT2D eigenvalue weighted by molar-refractivity contribution is -0.115. The summed E-state index contributed by atoms with van der Waals surface area (Å²) in [6.45, 7) is 1.85. The van der Waals surface area contributed by atoms with Crippen LogP contribution in [0.5, 0.6) is 5.75 Å². The summed E-state index contributed by atoms with van der Waals surface area (Å²) in [4.78, 5) is 10.9. The van der Waals surface area contributed by atoms with E-state index in [-0.39, 0.29) is 11.7 Å². The standard InChI is InChI=1S/C12H14N4O2S/c1-8-14-15-12(19-7-11(13)17)16(8)9-4-3-5-10(6-9)18-2/h3-6H,7H2,1-2H3,(H2,13,17). The number of carbonyl (C=O) groups is 1. The van der Waals surface area contributed by atoms with Crippen LogP contribution in [0.25, 0.3) is 5.69 Å². The Labute approximate surface area is 115 Å². The van der Waals surface area contributed by atoms with Gasteiger partial charge >= 0.3 is 0 Å². The van der Waals surface area contributed by atoms with Gasteiger partial charge < -0.3 is 10.5 Å². The summed E-state index contributed by atoms with van der Waals surface area (Å²) < 4.78 is 7.05. The normalized spacial score (nSPS) is 10.4. The third-order valence-electron chi connectivity index (χ3n) is 2.45. The van der Waals surface area contributed by atoms with Gasteiger partial charge in [-0.1, -0.05) is 17.8 Å². The fourth-order valence-corrected chi connectivity index (χ4v) is 2.36. The molecule has 2 rings (SSSR count). The van der Waals surface area contributed by atoms with Crippen LogP contribution in [-0.4, -0.2) is 33.5 Å². The predicted molar refractivity (Wildman–Crippen MR) is 72.6 cm³/mol. The molecule has 6 nitrogen and oxygen atoms in total. The Morgan fingerprint density at radius 1 is 1.47 bits per heavy atom. The third-order valence-corrected chi connectivity index (χ3v) is 3.40. The lowest BCUT2D eigenvalue weighted by Gasteiger charge is -2.09. The molecule has 1 heterocycles. The molecule has 7 heteroatoms. The fraction of sp³-hybridized carbons (Fsp3) is 0.250. The largest absolute Gasteiger partial charge is 0.497 e. The smallest absolute Gasteiger partial charge is 0.227 e. The second-order valence-electron chi connectivity index (χ2n) is 3.82. The molecular weight excluding hydrogens is 264 g/mol. The van der Waals surface area contributed by atoms with Crippen molar-refractivity contribution in [1.82, 2.24) is 14.8 Å². The van der Waals surface area contributed by atoms with E-state index in [4.69, 9.17) is 10.5 Å². The Balaban J connectivity index is 2.37. The zero-order valence-electron chi connectivity index (χ0n) is 10.7. The number of primary amides is 1. The first-order valence-electron chi connectivity index (χ1n) is 5.59. The molecule has 0 aliphatic heterocycles. The molecule has 1 amide bonds. The molecule has 0 fully saturated rings. The number of nitrogens with zero attached hydrogens (tertiary/aromatic N) is 3. The van der Waals surface area contributed by atoms with Gasteiger partial charge in [-0.15, -0.1) is 10.2 Å². The SMILES string of the molecule is COc1cccc(-n2c(C)nnc2SCC(N)=O)c1. The van der Waals surface area contributed by atoms with Gasteiger partial charge in [0.2, 0.25) is 5.91 Å². The van der Waals surface area contributed by atoms with E-state index in [0.717, 1.165) is 17.3 Å². The van der Waals surface area contributed by atoms with Crippen LogP contribution < -0.4 is 10.5 Å². The molecule has 0 saturated carbocycles. The van der Waals surface area contributed by atoms with Crippen LogP contribution in [0.3, 0.4) is 0 Å². The minimum absolute atomic E-state index is 0.169. The van der Waals surface area contributed by atoms with Crippen molar-refractivity contribution in [3.8, 4) is 11.4 Å². The Bertz CT molecular complexity index is 597. The number of ether oxygens (including phenoxy) is 1. The fourth-order valence-electron chi connectivity index (χ4n) is 1.62.